The van der Waals surface area contributed by atoms with Crippen molar-refractivity contribution in [1.82, 2.24) is 31.9 Å². The highest BCUT2D eigenvalue weighted by Crippen LogP contribution is 2.30. The van der Waals surface area contributed by atoms with Crippen molar-refractivity contribution >= 4 is 35.4 Å². The molecule has 0 aliphatic carbocycles. The monoisotopic (exact) mass is 912 g/mol. The molecule has 0 bridgehead atoms. The van der Waals surface area contributed by atoms with E-state index in [4.69, 9.17) is 0 Å². The predicted molar refractivity (Wildman–Crippen MR) is 243 cm³/mol. The van der Waals surface area contributed by atoms with Crippen LogP contribution in [0.3, 0.4) is 0 Å². The number of benzene rings is 4. The summed E-state index contributed by atoms with van der Waals surface area (Å²) in [6.45, 7) is 10.9. The second kappa shape index (κ2) is 23.4. The number of amides is 6. The van der Waals surface area contributed by atoms with E-state index in [1.807, 2.05) is 41.5 Å². The Morgan fingerprint density at radius 1 is 0.409 bits per heavy atom. The summed E-state index contributed by atoms with van der Waals surface area (Å²) in [5.74, 6) is -7.57. The fraction of sp³-hybridized carbons (Fsp3) is 0.375. The number of phenols is 6. The van der Waals surface area contributed by atoms with Crippen molar-refractivity contribution in [2.75, 3.05) is 0 Å². The molecule has 0 aliphatic rings. The number of hydrogen-bond acceptors (Lipinski definition) is 12. The molecule has 3 atom stereocenters. The van der Waals surface area contributed by atoms with Gasteiger partial charge in [0, 0.05) is 19.6 Å². The lowest BCUT2D eigenvalue weighted by atomic mass is 10.0. The van der Waals surface area contributed by atoms with Crippen LogP contribution in [-0.4, -0.2) is 84.2 Å². The Morgan fingerprint density at radius 3 is 0.879 bits per heavy atom. The maximum atomic E-state index is 13.7. The lowest BCUT2D eigenvalue weighted by Crippen LogP contribution is -2.47. The van der Waals surface area contributed by atoms with Gasteiger partial charge >= 0.3 is 0 Å². The minimum Gasteiger partial charge on any atom is -0.504 e. The van der Waals surface area contributed by atoms with Crippen LogP contribution in [-0.2, 0) is 34.0 Å². The van der Waals surface area contributed by atoms with E-state index in [0.717, 1.165) is 0 Å². The average molecular weight is 913 g/mol. The van der Waals surface area contributed by atoms with E-state index >= 15 is 0 Å². The normalized spacial score (nSPS) is 12.5. The Bertz CT molecular complexity index is 2130. The topological polar surface area (TPSA) is 296 Å². The first kappa shape index (κ1) is 51.1. The van der Waals surface area contributed by atoms with Crippen LogP contribution in [0.25, 0.3) is 0 Å². The third-order valence-corrected chi connectivity index (χ3v) is 10.3. The SMILES string of the molecule is CC(C)CC(NC(=O)c1cccc(O)c1O)C(=O)NCc1cc(CNC(=O)C(CC(C)C)NC(=O)c2cccc(O)c2O)cc(CNC(=O)C(CC(C)C)NC(=O)c2cccc(O)c2O)c1. The zero-order valence-electron chi connectivity index (χ0n) is 37.8. The van der Waals surface area contributed by atoms with Crippen LogP contribution in [0.5, 0.6) is 34.5 Å². The van der Waals surface area contributed by atoms with Gasteiger partial charge in [-0.25, -0.2) is 0 Å². The third-order valence-electron chi connectivity index (χ3n) is 10.3. The number of rotatable bonds is 21. The van der Waals surface area contributed by atoms with E-state index in [2.05, 4.69) is 31.9 Å². The summed E-state index contributed by atoms with van der Waals surface area (Å²) < 4.78 is 0. The summed E-state index contributed by atoms with van der Waals surface area (Å²) in [6, 6.07) is 13.6. The van der Waals surface area contributed by atoms with Crippen LogP contribution >= 0.6 is 0 Å². The van der Waals surface area contributed by atoms with E-state index in [9.17, 15) is 59.4 Å². The van der Waals surface area contributed by atoms with E-state index in [1.54, 1.807) is 18.2 Å². The molecule has 0 aromatic heterocycles. The van der Waals surface area contributed by atoms with Crippen LogP contribution < -0.4 is 31.9 Å². The van der Waals surface area contributed by atoms with Crippen LogP contribution in [0.4, 0.5) is 0 Å². The summed E-state index contributed by atoms with van der Waals surface area (Å²) in [5.41, 5.74) is 0.905. The molecule has 0 fully saturated rings. The molecule has 18 heteroatoms. The number of phenolic OH excluding ortho intramolecular Hbond substituents is 6. The Hall–Kier alpha value is -7.50. The van der Waals surface area contributed by atoms with Crippen molar-refractivity contribution in [3.8, 4) is 34.5 Å². The van der Waals surface area contributed by atoms with E-state index in [0.29, 0.717) is 16.7 Å². The highest BCUT2D eigenvalue weighted by molar-refractivity contribution is 6.01. The van der Waals surface area contributed by atoms with Gasteiger partial charge in [-0.15, -0.1) is 0 Å². The largest absolute Gasteiger partial charge is 0.504 e. The maximum Gasteiger partial charge on any atom is 0.255 e. The smallest absolute Gasteiger partial charge is 0.255 e. The lowest BCUT2D eigenvalue weighted by molar-refractivity contribution is -0.124. The van der Waals surface area contributed by atoms with Crippen molar-refractivity contribution in [3.05, 3.63) is 106 Å². The zero-order chi connectivity index (χ0) is 48.8. The van der Waals surface area contributed by atoms with Crippen LogP contribution in [0.1, 0.15) is 109 Å². The molecule has 354 valence electrons. The number of hydrogen-bond donors (Lipinski definition) is 12. The molecule has 4 aromatic carbocycles. The van der Waals surface area contributed by atoms with Gasteiger partial charge in [0.2, 0.25) is 17.7 Å². The van der Waals surface area contributed by atoms with Crippen molar-refractivity contribution in [2.24, 2.45) is 17.8 Å². The molecule has 3 unspecified atom stereocenters. The fourth-order valence-electron chi connectivity index (χ4n) is 7.04. The minimum absolute atomic E-state index is 0.0503. The Kier molecular flexibility index (Phi) is 18.2. The second-order valence-electron chi connectivity index (χ2n) is 17.3. The van der Waals surface area contributed by atoms with Gasteiger partial charge in [0.25, 0.3) is 17.7 Å². The number of nitrogens with one attached hydrogen (secondary N) is 6. The molecular weight excluding hydrogens is 853 g/mol. The summed E-state index contributed by atoms with van der Waals surface area (Å²) in [4.78, 5) is 80.5. The van der Waals surface area contributed by atoms with Gasteiger partial charge in [0.15, 0.2) is 34.5 Å². The predicted octanol–water partition coefficient (Wildman–Crippen LogP) is 4.30. The molecule has 6 amide bonds. The van der Waals surface area contributed by atoms with Crippen molar-refractivity contribution < 1.29 is 59.4 Å². The van der Waals surface area contributed by atoms with Gasteiger partial charge in [0.05, 0.1) is 16.7 Å². The number of carbonyl (C=O) groups excluding carboxylic acids is 6. The first-order valence-corrected chi connectivity index (χ1v) is 21.5. The highest BCUT2D eigenvalue weighted by Gasteiger charge is 2.28. The Morgan fingerprint density at radius 2 is 0.652 bits per heavy atom. The zero-order valence-corrected chi connectivity index (χ0v) is 37.8. The van der Waals surface area contributed by atoms with Crippen molar-refractivity contribution in [3.63, 3.8) is 0 Å². The first-order valence-electron chi connectivity index (χ1n) is 21.5. The molecule has 0 saturated carbocycles. The summed E-state index contributed by atoms with van der Waals surface area (Å²) in [6.07, 6.45) is 0.663. The molecule has 18 nitrogen and oxygen atoms in total. The standard InChI is InChI=1S/C48H60N6O12/c1-25(2)16-34(52-43(61)31-10-7-13-37(55)40(31)58)46(64)49-22-28-19-29(23-50-47(65)35(17-26(3)4)53-44(62)32-11-8-14-38(56)41(32)59)21-30(20-28)24-51-48(66)36(18-27(5)6)54-45(63)33-12-9-15-39(57)42(33)60/h7-15,19-21,25-27,34-36,55-60H,16-18,22-24H2,1-6H3,(H,49,64)(H,50,65)(H,51,66)(H,52,61)(H,53,62)(H,54,63). The average Bonchev–Trinajstić information content (AvgIpc) is 3.25. The van der Waals surface area contributed by atoms with Gasteiger partial charge in [-0.2, -0.15) is 0 Å². The van der Waals surface area contributed by atoms with E-state index < -0.39 is 88.1 Å². The summed E-state index contributed by atoms with van der Waals surface area (Å²) in [7, 11) is 0. The van der Waals surface area contributed by atoms with Gasteiger partial charge in [-0.3, -0.25) is 28.8 Å². The molecule has 0 saturated heterocycles. The molecular formula is C48H60N6O12. The Labute approximate surface area is 382 Å². The lowest BCUT2D eigenvalue weighted by Gasteiger charge is -2.22. The summed E-state index contributed by atoms with van der Waals surface area (Å²) in [5, 5.41) is 77.0. The maximum absolute atomic E-state index is 13.7. The van der Waals surface area contributed by atoms with E-state index in [-0.39, 0.29) is 73.3 Å². The van der Waals surface area contributed by atoms with Gasteiger partial charge < -0.3 is 62.5 Å². The molecule has 4 aromatic rings. The van der Waals surface area contributed by atoms with Gasteiger partial charge in [-0.1, -0.05) is 77.9 Å². The molecule has 0 aliphatic heterocycles. The quantitative estimate of drug-likeness (QED) is 0.0521. The Balaban J connectivity index is 1.59. The van der Waals surface area contributed by atoms with Gasteiger partial charge in [0.1, 0.15) is 18.1 Å². The molecule has 0 heterocycles. The molecule has 0 spiro atoms. The molecule has 12 N–H and O–H groups in total. The van der Waals surface area contributed by atoms with Crippen molar-refractivity contribution in [2.45, 2.75) is 98.6 Å². The van der Waals surface area contributed by atoms with Crippen LogP contribution in [0.15, 0.2) is 72.8 Å². The van der Waals surface area contributed by atoms with E-state index in [1.165, 1.54) is 54.6 Å². The second-order valence-corrected chi connectivity index (χ2v) is 17.3. The van der Waals surface area contributed by atoms with Crippen LogP contribution in [0.2, 0.25) is 0 Å². The number of carbonyl (C=O) groups is 6. The third kappa shape index (κ3) is 14.5. The van der Waals surface area contributed by atoms with Crippen LogP contribution in [0, 0.1) is 17.8 Å². The minimum atomic E-state index is -1.05. The number of aromatic hydroxyl groups is 6. The molecule has 66 heavy (non-hydrogen) atoms. The highest BCUT2D eigenvalue weighted by atomic mass is 16.3. The first-order chi connectivity index (χ1) is 31.1. The van der Waals surface area contributed by atoms with Crippen molar-refractivity contribution in [1.29, 1.82) is 0 Å². The summed E-state index contributed by atoms with van der Waals surface area (Å²) >= 11 is 0. The fourth-order valence-corrected chi connectivity index (χ4v) is 7.04. The molecule has 0 radical (unpaired) electrons. The van der Waals surface area contributed by atoms with Gasteiger partial charge in [-0.05, 0) is 90.1 Å². The molecule has 4 rings (SSSR count). The number of para-hydroxylation sites is 3.